The summed E-state index contributed by atoms with van der Waals surface area (Å²) < 4.78 is 14.5. The Balaban J connectivity index is 1.53. The number of aliphatic hydroxyl groups excluding tert-OH is 1. The van der Waals surface area contributed by atoms with E-state index in [9.17, 15) is 19.1 Å². The minimum absolute atomic E-state index is 0.215. The molecular formula is C27H27FN2O3S. The molecule has 2 N–H and O–H groups in total. The van der Waals surface area contributed by atoms with Gasteiger partial charge in [0, 0.05) is 23.3 Å². The second-order valence-electron chi connectivity index (χ2n) is 9.20. The number of benzene rings is 2. The number of hydrogen-bond donors (Lipinski definition) is 2. The summed E-state index contributed by atoms with van der Waals surface area (Å²) in [7, 11) is 0. The van der Waals surface area contributed by atoms with Crippen molar-refractivity contribution in [3.05, 3.63) is 89.0 Å². The molecule has 5 nitrogen and oxygen atoms in total. The zero-order valence-electron chi connectivity index (χ0n) is 19.0. The topological polar surface area (TPSA) is 69.6 Å². The normalized spacial score (nSPS) is 25.5. The molecule has 2 fully saturated rings. The molecule has 34 heavy (non-hydrogen) atoms. The number of carbonyl (C=O) groups excluding carboxylic acids is 2. The molecule has 2 aliphatic heterocycles. The molecular weight excluding hydrogens is 451 g/mol. The first kappa shape index (κ1) is 22.9. The molecule has 1 saturated heterocycles. The number of likely N-dealkylation sites (tertiary alicyclic amines) is 1. The van der Waals surface area contributed by atoms with Crippen LogP contribution in [0, 0.1) is 24.6 Å². The highest BCUT2D eigenvalue weighted by molar-refractivity contribution is 7.98. The maximum absolute atomic E-state index is 14.5. The van der Waals surface area contributed by atoms with Gasteiger partial charge in [-0.2, -0.15) is 0 Å². The van der Waals surface area contributed by atoms with E-state index in [1.807, 2.05) is 25.1 Å². The van der Waals surface area contributed by atoms with Crippen molar-refractivity contribution in [2.75, 3.05) is 6.54 Å². The molecule has 5 rings (SSSR count). The molecule has 1 aliphatic carbocycles. The van der Waals surface area contributed by atoms with Gasteiger partial charge in [0.1, 0.15) is 5.82 Å². The highest BCUT2D eigenvalue weighted by atomic mass is 32.2. The van der Waals surface area contributed by atoms with Crippen LogP contribution in [0.1, 0.15) is 41.1 Å². The SMILES string of the molecule is C=CC(=O)/C(O)=C/C(=O)N1C[C@H]2CCC2[C@H]1N[C@@H]1c2ccccc2SCc2c1ccc(F)c2C. The summed E-state index contributed by atoms with van der Waals surface area (Å²) in [4.78, 5) is 27.7. The number of carbonyl (C=O) groups is 2. The Morgan fingerprint density at radius 3 is 2.74 bits per heavy atom. The van der Waals surface area contributed by atoms with Crippen LogP contribution in [0.3, 0.4) is 0 Å². The number of thioether (sulfide) groups is 1. The molecule has 2 aromatic carbocycles. The summed E-state index contributed by atoms with van der Waals surface area (Å²) in [6.45, 7) is 5.76. The molecule has 2 heterocycles. The van der Waals surface area contributed by atoms with Crippen LogP contribution < -0.4 is 5.32 Å². The summed E-state index contributed by atoms with van der Waals surface area (Å²) >= 11 is 1.70. The molecule has 1 amide bonds. The number of rotatable bonds is 5. The van der Waals surface area contributed by atoms with E-state index in [2.05, 4.69) is 24.0 Å². The van der Waals surface area contributed by atoms with Crippen molar-refractivity contribution in [1.29, 1.82) is 0 Å². The van der Waals surface area contributed by atoms with E-state index in [-0.39, 0.29) is 18.0 Å². The highest BCUT2D eigenvalue weighted by Gasteiger charge is 2.49. The smallest absolute Gasteiger partial charge is 0.251 e. The van der Waals surface area contributed by atoms with Gasteiger partial charge in [0.2, 0.25) is 5.78 Å². The van der Waals surface area contributed by atoms with Gasteiger partial charge in [0.25, 0.3) is 5.91 Å². The van der Waals surface area contributed by atoms with Gasteiger partial charge in [-0.3, -0.25) is 14.9 Å². The first-order chi connectivity index (χ1) is 16.4. The lowest BCUT2D eigenvalue weighted by Crippen LogP contribution is -2.49. The number of amides is 1. The minimum Gasteiger partial charge on any atom is -0.504 e. The van der Waals surface area contributed by atoms with Crippen molar-refractivity contribution < 1.29 is 19.1 Å². The molecule has 0 radical (unpaired) electrons. The minimum atomic E-state index is -0.679. The fraction of sp³-hybridized carbons (Fsp3) is 0.333. The van der Waals surface area contributed by atoms with Crippen LogP contribution in [0.25, 0.3) is 0 Å². The Bertz CT molecular complexity index is 1210. The fourth-order valence-corrected chi connectivity index (χ4v) is 6.59. The lowest BCUT2D eigenvalue weighted by atomic mass is 9.74. The standard InChI is InChI=1S/C27H27FN2O3S/c1-3-22(31)23(32)12-25(33)30-13-16-8-9-17(16)27(30)29-26-18-10-11-21(28)15(2)20(18)14-34-24-7-5-4-6-19(24)26/h3-7,10-12,16-17,26-27,29,32H,1,8-9,13-14H2,2H3/b23-12-/t16-,17?,26+,27+/m1/s1. The fourth-order valence-electron chi connectivity index (χ4n) is 5.38. The van der Waals surface area contributed by atoms with Crippen LogP contribution in [0.15, 0.2) is 65.8 Å². The van der Waals surface area contributed by atoms with Gasteiger partial charge in [-0.25, -0.2) is 4.39 Å². The molecule has 176 valence electrons. The number of aliphatic hydroxyl groups is 1. The van der Waals surface area contributed by atoms with Crippen LogP contribution in [0.2, 0.25) is 0 Å². The second kappa shape index (κ2) is 9.04. The number of ketones is 1. The van der Waals surface area contributed by atoms with Gasteiger partial charge < -0.3 is 10.0 Å². The predicted octanol–water partition coefficient (Wildman–Crippen LogP) is 4.81. The number of halogens is 1. The third kappa shape index (κ3) is 3.87. The van der Waals surface area contributed by atoms with Gasteiger partial charge in [0.05, 0.1) is 12.2 Å². The Morgan fingerprint density at radius 1 is 1.21 bits per heavy atom. The van der Waals surface area contributed by atoms with Gasteiger partial charge in [-0.05, 0) is 72.1 Å². The van der Waals surface area contributed by atoms with E-state index in [1.165, 1.54) is 6.07 Å². The average molecular weight is 479 g/mol. The van der Waals surface area contributed by atoms with Crippen molar-refractivity contribution in [2.24, 2.45) is 11.8 Å². The summed E-state index contributed by atoms with van der Waals surface area (Å²) in [6.07, 6.45) is 3.78. The summed E-state index contributed by atoms with van der Waals surface area (Å²) in [5.41, 5.74) is 3.76. The van der Waals surface area contributed by atoms with E-state index in [0.717, 1.165) is 46.6 Å². The van der Waals surface area contributed by atoms with Gasteiger partial charge in [-0.1, -0.05) is 30.8 Å². The molecule has 4 atom stereocenters. The molecule has 1 unspecified atom stereocenters. The second-order valence-corrected chi connectivity index (χ2v) is 10.2. The zero-order valence-corrected chi connectivity index (χ0v) is 19.8. The highest BCUT2D eigenvalue weighted by Crippen LogP contribution is 2.47. The van der Waals surface area contributed by atoms with Crippen LogP contribution in [-0.4, -0.2) is 34.4 Å². The largest absolute Gasteiger partial charge is 0.504 e. The lowest BCUT2D eigenvalue weighted by Gasteiger charge is -2.37. The van der Waals surface area contributed by atoms with Crippen molar-refractivity contribution >= 4 is 23.5 Å². The maximum atomic E-state index is 14.5. The van der Waals surface area contributed by atoms with Crippen molar-refractivity contribution in [2.45, 2.75) is 42.6 Å². The third-order valence-corrected chi connectivity index (χ3v) is 8.56. The molecule has 0 aromatic heterocycles. The van der Waals surface area contributed by atoms with E-state index in [0.29, 0.717) is 29.7 Å². The first-order valence-corrected chi connectivity index (χ1v) is 12.5. The Kier molecular flexibility index (Phi) is 6.08. The summed E-state index contributed by atoms with van der Waals surface area (Å²) in [6, 6.07) is 11.3. The molecule has 7 heteroatoms. The number of nitrogens with zero attached hydrogens (tertiary/aromatic N) is 1. The first-order valence-electron chi connectivity index (χ1n) is 11.5. The molecule has 3 aliphatic rings. The molecule has 2 aromatic rings. The molecule has 0 bridgehead atoms. The van der Waals surface area contributed by atoms with Gasteiger partial charge in [0.15, 0.2) is 5.76 Å². The van der Waals surface area contributed by atoms with Crippen molar-refractivity contribution in [1.82, 2.24) is 10.2 Å². The van der Waals surface area contributed by atoms with Gasteiger partial charge >= 0.3 is 0 Å². The van der Waals surface area contributed by atoms with E-state index >= 15 is 0 Å². The lowest BCUT2D eigenvalue weighted by molar-refractivity contribution is -0.128. The van der Waals surface area contributed by atoms with Crippen LogP contribution >= 0.6 is 11.8 Å². The van der Waals surface area contributed by atoms with Gasteiger partial charge in [-0.15, -0.1) is 11.8 Å². The summed E-state index contributed by atoms with van der Waals surface area (Å²) in [5.74, 6) is -0.542. The molecule has 1 saturated carbocycles. The van der Waals surface area contributed by atoms with Crippen LogP contribution in [-0.2, 0) is 15.3 Å². The van der Waals surface area contributed by atoms with Crippen LogP contribution in [0.4, 0.5) is 4.39 Å². The third-order valence-electron chi connectivity index (χ3n) is 7.45. The number of hydrogen-bond acceptors (Lipinski definition) is 5. The monoisotopic (exact) mass is 478 g/mol. The van der Waals surface area contributed by atoms with E-state index in [4.69, 9.17) is 0 Å². The Morgan fingerprint density at radius 2 is 2.00 bits per heavy atom. The Hall–Kier alpha value is -2.90. The summed E-state index contributed by atoms with van der Waals surface area (Å²) in [5, 5.41) is 13.7. The zero-order chi connectivity index (χ0) is 24.0. The molecule has 0 spiro atoms. The van der Waals surface area contributed by atoms with E-state index < -0.39 is 17.4 Å². The quantitative estimate of drug-likeness (QED) is 0.477. The number of allylic oxidation sites excluding steroid dienone is 1. The maximum Gasteiger partial charge on any atom is 0.251 e. The van der Waals surface area contributed by atoms with Crippen molar-refractivity contribution in [3.8, 4) is 0 Å². The number of fused-ring (bicyclic) bond motifs is 3. The van der Waals surface area contributed by atoms with Crippen LogP contribution in [0.5, 0.6) is 0 Å². The van der Waals surface area contributed by atoms with E-state index in [1.54, 1.807) is 16.7 Å². The Labute approximate surface area is 202 Å². The van der Waals surface area contributed by atoms with Crippen molar-refractivity contribution in [3.63, 3.8) is 0 Å². The predicted molar refractivity (Wildman–Crippen MR) is 130 cm³/mol. The average Bonchev–Trinajstić information content (AvgIpc) is 2.96. The number of nitrogens with one attached hydrogen (secondary N) is 1.